The summed E-state index contributed by atoms with van der Waals surface area (Å²) >= 11 is 0. The maximum absolute atomic E-state index is 12.4. The average Bonchev–Trinajstić information content (AvgIpc) is 2.44. The fraction of sp³-hybridized carbons (Fsp3) is 0.286. The summed E-state index contributed by atoms with van der Waals surface area (Å²) in [5.74, 6) is 0.211. The van der Waals surface area contributed by atoms with Crippen molar-refractivity contribution in [3.05, 3.63) is 36.7 Å². The molecule has 7 heteroatoms. The van der Waals surface area contributed by atoms with E-state index in [9.17, 15) is 13.2 Å². The van der Waals surface area contributed by atoms with Crippen molar-refractivity contribution < 1.29 is 17.9 Å². The molecule has 1 heterocycles. The first kappa shape index (κ1) is 15.1. The van der Waals surface area contributed by atoms with E-state index in [0.29, 0.717) is 18.1 Å². The summed E-state index contributed by atoms with van der Waals surface area (Å²) < 4.78 is 41.3. The van der Waals surface area contributed by atoms with Gasteiger partial charge in [0.05, 0.1) is 18.1 Å². The molecular formula is C14H14F3N3O. The zero-order valence-electron chi connectivity index (χ0n) is 11.3. The number of alkyl halides is 3. The highest BCUT2D eigenvalue weighted by atomic mass is 19.4. The topological polar surface area (TPSA) is 47.0 Å². The van der Waals surface area contributed by atoms with Gasteiger partial charge in [-0.25, -0.2) is 4.98 Å². The number of nitrogens with one attached hydrogen (secondary N) is 1. The highest BCUT2D eigenvalue weighted by Gasteiger charge is 2.32. The fourth-order valence-electron chi connectivity index (χ4n) is 1.73. The van der Waals surface area contributed by atoms with E-state index in [1.807, 2.05) is 6.92 Å². The molecule has 0 radical (unpaired) electrons. The first-order valence-electron chi connectivity index (χ1n) is 6.40. The molecule has 0 unspecified atom stereocenters. The number of hydrogen-bond acceptors (Lipinski definition) is 4. The third kappa shape index (κ3) is 4.34. The zero-order chi connectivity index (χ0) is 15.3. The number of anilines is 1. The monoisotopic (exact) mass is 297 g/mol. The van der Waals surface area contributed by atoms with Crippen molar-refractivity contribution >= 4 is 5.82 Å². The van der Waals surface area contributed by atoms with E-state index < -0.39 is 6.36 Å². The minimum absolute atomic E-state index is 0.238. The van der Waals surface area contributed by atoms with E-state index in [1.54, 1.807) is 6.07 Å². The normalized spacial score (nSPS) is 11.2. The summed E-state index contributed by atoms with van der Waals surface area (Å²) in [5.41, 5.74) is 0.554. The molecule has 0 atom stereocenters. The van der Waals surface area contributed by atoms with Crippen LogP contribution in [-0.4, -0.2) is 22.9 Å². The number of hydrogen-bond donors (Lipinski definition) is 1. The van der Waals surface area contributed by atoms with Crippen LogP contribution in [0.15, 0.2) is 36.7 Å². The van der Waals surface area contributed by atoms with Gasteiger partial charge in [0.1, 0.15) is 11.6 Å². The summed E-state index contributed by atoms with van der Waals surface area (Å²) in [6, 6.07) is 5.84. The number of aromatic nitrogens is 2. The lowest BCUT2D eigenvalue weighted by molar-refractivity contribution is -0.274. The first-order valence-corrected chi connectivity index (χ1v) is 6.40. The third-order valence-corrected chi connectivity index (χ3v) is 2.58. The summed E-state index contributed by atoms with van der Waals surface area (Å²) in [7, 11) is 0. The number of para-hydroxylation sites is 1. The van der Waals surface area contributed by atoms with Crippen LogP contribution in [0.4, 0.5) is 19.0 Å². The van der Waals surface area contributed by atoms with Gasteiger partial charge in [0.25, 0.3) is 0 Å². The van der Waals surface area contributed by atoms with Crippen molar-refractivity contribution in [1.82, 2.24) is 9.97 Å². The maximum Gasteiger partial charge on any atom is 0.573 e. The Labute approximate surface area is 120 Å². The Bertz CT molecular complexity index is 602. The van der Waals surface area contributed by atoms with Crippen LogP contribution >= 0.6 is 0 Å². The van der Waals surface area contributed by atoms with Crippen LogP contribution in [-0.2, 0) is 0 Å². The van der Waals surface area contributed by atoms with Crippen LogP contribution in [0.1, 0.15) is 13.3 Å². The lowest BCUT2D eigenvalue weighted by Gasteiger charge is -2.13. The van der Waals surface area contributed by atoms with E-state index in [1.165, 1.54) is 30.6 Å². The molecule has 0 aliphatic rings. The van der Waals surface area contributed by atoms with Gasteiger partial charge in [0.15, 0.2) is 0 Å². The first-order chi connectivity index (χ1) is 9.99. The quantitative estimate of drug-likeness (QED) is 0.910. The molecule has 0 bridgehead atoms. The average molecular weight is 297 g/mol. The second-order valence-electron chi connectivity index (χ2n) is 4.26. The van der Waals surface area contributed by atoms with Gasteiger partial charge in [-0.05, 0) is 18.6 Å². The van der Waals surface area contributed by atoms with Crippen molar-refractivity contribution in [2.24, 2.45) is 0 Å². The van der Waals surface area contributed by atoms with E-state index >= 15 is 0 Å². The molecule has 0 amide bonds. The molecule has 1 aromatic heterocycles. The third-order valence-electron chi connectivity index (χ3n) is 2.58. The van der Waals surface area contributed by atoms with Gasteiger partial charge in [-0.15, -0.1) is 13.2 Å². The van der Waals surface area contributed by atoms with Gasteiger partial charge in [0.2, 0.25) is 0 Å². The molecule has 1 N–H and O–H groups in total. The second kappa shape index (κ2) is 6.43. The van der Waals surface area contributed by atoms with Crippen LogP contribution in [0.3, 0.4) is 0 Å². The van der Waals surface area contributed by atoms with Crippen molar-refractivity contribution in [3.63, 3.8) is 0 Å². The second-order valence-corrected chi connectivity index (χ2v) is 4.26. The Balaban J connectivity index is 2.33. The van der Waals surface area contributed by atoms with E-state index in [0.717, 1.165) is 6.42 Å². The van der Waals surface area contributed by atoms with Gasteiger partial charge >= 0.3 is 6.36 Å². The van der Waals surface area contributed by atoms with Crippen LogP contribution < -0.4 is 10.1 Å². The van der Waals surface area contributed by atoms with Crippen molar-refractivity contribution in [3.8, 4) is 17.0 Å². The molecule has 1 aromatic carbocycles. The Hall–Kier alpha value is -2.31. The number of rotatable bonds is 5. The summed E-state index contributed by atoms with van der Waals surface area (Å²) in [4.78, 5) is 8.24. The molecule has 0 saturated heterocycles. The highest BCUT2D eigenvalue weighted by molar-refractivity contribution is 5.67. The van der Waals surface area contributed by atoms with Gasteiger partial charge in [-0.3, -0.25) is 4.98 Å². The minimum Gasteiger partial charge on any atom is -0.405 e. The highest BCUT2D eigenvalue weighted by Crippen LogP contribution is 2.32. The maximum atomic E-state index is 12.4. The largest absolute Gasteiger partial charge is 0.573 e. The molecule has 4 nitrogen and oxygen atoms in total. The molecular weight excluding hydrogens is 283 g/mol. The van der Waals surface area contributed by atoms with Gasteiger partial charge in [-0.2, -0.15) is 0 Å². The Morgan fingerprint density at radius 1 is 1.19 bits per heavy atom. The van der Waals surface area contributed by atoms with Gasteiger partial charge in [-0.1, -0.05) is 19.1 Å². The van der Waals surface area contributed by atoms with Gasteiger partial charge < -0.3 is 10.1 Å². The van der Waals surface area contributed by atoms with Crippen LogP contribution in [0.25, 0.3) is 11.3 Å². The van der Waals surface area contributed by atoms with Crippen molar-refractivity contribution in [1.29, 1.82) is 0 Å². The van der Waals surface area contributed by atoms with E-state index in [-0.39, 0.29) is 11.3 Å². The molecule has 0 spiro atoms. The Kier molecular flexibility index (Phi) is 4.62. The van der Waals surface area contributed by atoms with Crippen LogP contribution in [0, 0.1) is 0 Å². The Morgan fingerprint density at radius 3 is 2.67 bits per heavy atom. The van der Waals surface area contributed by atoms with Crippen molar-refractivity contribution in [2.45, 2.75) is 19.7 Å². The van der Waals surface area contributed by atoms with E-state index in [2.05, 4.69) is 20.0 Å². The predicted molar refractivity (Wildman–Crippen MR) is 72.9 cm³/mol. The lowest BCUT2D eigenvalue weighted by Crippen LogP contribution is -2.17. The summed E-state index contributed by atoms with van der Waals surface area (Å²) in [6.45, 7) is 2.70. The minimum atomic E-state index is -4.75. The van der Waals surface area contributed by atoms with Crippen molar-refractivity contribution in [2.75, 3.05) is 11.9 Å². The lowest BCUT2D eigenvalue weighted by atomic mass is 10.1. The summed E-state index contributed by atoms with van der Waals surface area (Å²) in [6.07, 6.45) is -0.927. The molecule has 21 heavy (non-hydrogen) atoms. The molecule has 2 aromatic rings. The summed E-state index contributed by atoms with van der Waals surface area (Å²) in [5, 5.41) is 3.04. The SMILES string of the molecule is CCCNc1cncc(-c2ccccc2OC(F)(F)F)n1. The molecule has 0 fully saturated rings. The molecule has 0 saturated carbocycles. The standard InChI is InChI=1S/C14H14F3N3O/c1-2-7-19-13-9-18-8-11(20-13)10-5-3-4-6-12(10)21-14(15,16)17/h3-6,8-9H,2,7H2,1H3,(H,19,20). The molecule has 0 aliphatic heterocycles. The smallest absolute Gasteiger partial charge is 0.405 e. The Morgan fingerprint density at radius 2 is 1.95 bits per heavy atom. The fourth-order valence-corrected chi connectivity index (χ4v) is 1.73. The molecule has 112 valence electrons. The van der Waals surface area contributed by atoms with Crippen LogP contribution in [0.5, 0.6) is 5.75 Å². The van der Waals surface area contributed by atoms with Gasteiger partial charge in [0, 0.05) is 12.1 Å². The predicted octanol–water partition coefficient (Wildman–Crippen LogP) is 3.86. The molecule has 0 aliphatic carbocycles. The van der Waals surface area contributed by atoms with Crippen LogP contribution in [0.2, 0.25) is 0 Å². The number of nitrogens with zero attached hydrogens (tertiary/aromatic N) is 2. The molecule has 2 rings (SSSR count). The van der Waals surface area contributed by atoms with E-state index in [4.69, 9.17) is 0 Å². The number of halogens is 3. The number of ether oxygens (including phenoxy) is 1. The zero-order valence-corrected chi connectivity index (χ0v) is 11.3. The number of benzene rings is 1.